The van der Waals surface area contributed by atoms with Crippen molar-refractivity contribution in [3.05, 3.63) is 35.4 Å². The number of aliphatic hydroxyl groups excluding tert-OH is 1. The first kappa shape index (κ1) is 18.0. The van der Waals surface area contributed by atoms with Crippen LogP contribution in [0.3, 0.4) is 0 Å². The fourth-order valence-electron chi connectivity index (χ4n) is 2.60. The van der Waals surface area contributed by atoms with Crippen LogP contribution in [0.5, 0.6) is 0 Å². The number of rotatable bonds is 6. The second-order valence-corrected chi connectivity index (χ2v) is 6.13. The number of carbonyl (C=O) groups excluding carboxylic acids is 1. The number of aliphatic hydroxyl groups is 1. The van der Waals surface area contributed by atoms with Crippen LogP contribution in [0.25, 0.3) is 0 Å². The highest BCUT2D eigenvalue weighted by Crippen LogP contribution is 2.50. The molecule has 118 valence electrons. The van der Waals surface area contributed by atoms with E-state index in [4.69, 9.17) is 5.73 Å². The minimum absolute atomic E-state index is 0. The molecule has 1 aliphatic rings. The molecule has 1 aromatic carbocycles. The van der Waals surface area contributed by atoms with E-state index in [1.165, 1.54) is 0 Å². The lowest BCUT2D eigenvalue weighted by Gasteiger charge is -2.25. The Morgan fingerprint density at radius 3 is 2.33 bits per heavy atom. The van der Waals surface area contributed by atoms with Gasteiger partial charge in [-0.1, -0.05) is 26.0 Å². The van der Waals surface area contributed by atoms with Gasteiger partial charge in [0.05, 0.1) is 6.10 Å². The van der Waals surface area contributed by atoms with Crippen LogP contribution in [-0.2, 0) is 6.54 Å². The van der Waals surface area contributed by atoms with E-state index in [1.54, 1.807) is 12.1 Å². The summed E-state index contributed by atoms with van der Waals surface area (Å²) < 4.78 is 0. The Hall–Kier alpha value is -1.10. The van der Waals surface area contributed by atoms with E-state index < -0.39 is 0 Å². The lowest BCUT2D eigenvalue weighted by Crippen LogP contribution is -2.38. The van der Waals surface area contributed by atoms with E-state index in [-0.39, 0.29) is 35.8 Å². The minimum Gasteiger partial charge on any atom is -0.392 e. The lowest BCUT2D eigenvalue weighted by atomic mass is 9.90. The van der Waals surface area contributed by atoms with Gasteiger partial charge in [0.25, 0.3) is 5.91 Å². The summed E-state index contributed by atoms with van der Waals surface area (Å²) in [5.41, 5.74) is 7.07. The molecule has 1 atom stereocenters. The summed E-state index contributed by atoms with van der Waals surface area (Å²) in [4.78, 5) is 12.1. The number of hydrogen-bond acceptors (Lipinski definition) is 3. The molecule has 0 saturated heterocycles. The van der Waals surface area contributed by atoms with Crippen molar-refractivity contribution >= 4 is 18.3 Å². The van der Waals surface area contributed by atoms with E-state index in [9.17, 15) is 9.90 Å². The van der Waals surface area contributed by atoms with Crippen LogP contribution in [0.1, 0.15) is 42.6 Å². The molecule has 0 spiro atoms. The molecule has 1 amide bonds. The number of carbonyl (C=O) groups is 1. The highest BCUT2D eigenvalue weighted by atomic mass is 35.5. The van der Waals surface area contributed by atoms with E-state index in [0.29, 0.717) is 18.7 Å². The molecule has 4 nitrogen and oxygen atoms in total. The summed E-state index contributed by atoms with van der Waals surface area (Å²) in [6.07, 6.45) is 1.62. The largest absolute Gasteiger partial charge is 0.392 e. The maximum Gasteiger partial charge on any atom is 0.251 e. The Morgan fingerprint density at radius 2 is 1.90 bits per heavy atom. The average Bonchev–Trinajstić information content (AvgIpc) is 3.25. The van der Waals surface area contributed by atoms with Gasteiger partial charge in [0.1, 0.15) is 0 Å². The van der Waals surface area contributed by atoms with E-state index >= 15 is 0 Å². The van der Waals surface area contributed by atoms with Crippen molar-refractivity contribution in [2.24, 2.45) is 17.1 Å². The molecule has 1 unspecified atom stereocenters. The maximum atomic E-state index is 12.1. The van der Waals surface area contributed by atoms with E-state index in [0.717, 1.165) is 18.4 Å². The van der Waals surface area contributed by atoms with Crippen molar-refractivity contribution in [2.45, 2.75) is 39.3 Å². The van der Waals surface area contributed by atoms with E-state index in [1.807, 2.05) is 26.0 Å². The van der Waals surface area contributed by atoms with E-state index in [2.05, 4.69) is 5.32 Å². The molecule has 0 aromatic heterocycles. The minimum atomic E-state index is -0.345. The molecule has 0 radical (unpaired) electrons. The Kier molecular flexibility index (Phi) is 6.20. The fraction of sp³-hybridized carbons (Fsp3) is 0.562. The molecular weight excluding hydrogens is 288 g/mol. The van der Waals surface area contributed by atoms with Crippen LogP contribution in [0, 0.1) is 11.3 Å². The monoisotopic (exact) mass is 312 g/mol. The van der Waals surface area contributed by atoms with Gasteiger partial charge >= 0.3 is 0 Å². The molecule has 0 aliphatic heterocycles. The van der Waals surface area contributed by atoms with Gasteiger partial charge < -0.3 is 16.2 Å². The summed E-state index contributed by atoms with van der Waals surface area (Å²) in [5, 5.41) is 13.1. The highest BCUT2D eigenvalue weighted by Gasteiger charge is 2.49. The van der Waals surface area contributed by atoms with Crippen LogP contribution in [-0.4, -0.2) is 23.7 Å². The summed E-state index contributed by atoms with van der Waals surface area (Å²) in [5.74, 6) is 0.133. The molecule has 4 N–H and O–H groups in total. The van der Waals surface area contributed by atoms with Gasteiger partial charge in [-0.15, -0.1) is 12.4 Å². The normalized spacial score (nSPS) is 17.0. The van der Waals surface area contributed by atoms with Gasteiger partial charge in [0, 0.05) is 24.1 Å². The van der Waals surface area contributed by atoms with Crippen LogP contribution < -0.4 is 11.1 Å². The Morgan fingerprint density at radius 1 is 1.33 bits per heavy atom. The second kappa shape index (κ2) is 7.25. The average molecular weight is 313 g/mol. The SMILES string of the molecule is CC(C)C(O)C1(CNC(=O)c2ccc(CN)cc2)CC1.Cl. The van der Waals surface area contributed by atoms with Gasteiger partial charge in [0.2, 0.25) is 0 Å². The molecule has 2 rings (SSSR count). The first-order chi connectivity index (χ1) is 9.48. The zero-order chi connectivity index (χ0) is 14.8. The predicted molar refractivity (Wildman–Crippen MR) is 86.4 cm³/mol. The Bertz CT molecular complexity index is 470. The van der Waals surface area contributed by atoms with Crippen molar-refractivity contribution in [3.8, 4) is 0 Å². The van der Waals surface area contributed by atoms with Gasteiger partial charge in [0.15, 0.2) is 0 Å². The van der Waals surface area contributed by atoms with Crippen LogP contribution in [0.2, 0.25) is 0 Å². The molecule has 1 fully saturated rings. The van der Waals surface area contributed by atoms with Gasteiger partial charge in [-0.25, -0.2) is 0 Å². The second-order valence-electron chi connectivity index (χ2n) is 6.13. The van der Waals surface area contributed by atoms with Crippen molar-refractivity contribution in [1.82, 2.24) is 5.32 Å². The molecule has 0 heterocycles. The van der Waals surface area contributed by atoms with Crippen molar-refractivity contribution in [2.75, 3.05) is 6.54 Å². The summed E-state index contributed by atoms with van der Waals surface area (Å²) >= 11 is 0. The van der Waals surface area contributed by atoms with Crippen LogP contribution in [0.15, 0.2) is 24.3 Å². The molecule has 5 heteroatoms. The van der Waals surface area contributed by atoms with Crippen LogP contribution in [0.4, 0.5) is 0 Å². The number of benzene rings is 1. The maximum absolute atomic E-state index is 12.1. The third kappa shape index (κ3) is 4.19. The zero-order valence-electron chi connectivity index (χ0n) is 12.6. The number of amides is 1. The number of hydrogen-bond donors (Lipinski definition) is 3. The number of nitrogens with two attached hydrogens (primary N) is 1. The Labute approximate surface area is 132 Å². The third-order valence-corrected chi connectivity index (χ3v) is 4.20. The highest BCUT2D eigenvalue weighted by molar-refractivity contribution is 5.94. The zero-order valence-corrected chi connectivity index (χ0v) is 13.5. The quantitative estimate of drug-likeness (QED) is 0.753. The molecule has 0 bridgehead atoms. The number of nitrogens with one attached hydrogen (secondary N) is 1. The molecule has 21 heavy (non-hydrogen) atoms. The van der Waals surface area contributed by atoms with Gasteiger partial charge in [-0.05, 0) is 36.5 Å². The molecular formula is C16H25ClN2O2. The topological polar surface area (TPSA) is 75.3 Å². The van der Waals surface area contributed by atoms with Crippen molar-refractivity contribution in [1.29, 1.82) is 0 Å². The van der Waals surface area contributed by atoms with Gasteiger partial charge in [-0.2, -0.15) is 0 Å². The predicted octanol–water partition coefficient (Wildman–Crippen LogP) is 2.09. The molecule has 1 aliphatic carbocycles. The van der Waals surface area contributed by atoms with Crippen molar-refractivity contribution < 1.29 is 9.90 Å². The standard InChI is InChI=1S/C16H24N2O2.ClH/c1-11(2)14(19)16(7-8-16)10-18-15(20)13-5-3-12(9-17)4-6-13;/h3-6,11,14,19H,7-10,17H2,1-2H3,(H,18,20);1H. The van der Waals surface area contributed by atoms with Crippen LogP contribution >= 0.6 is 12.4 Å². The van der Waals surface area contributed by atoms with Gasteiger partial charge in [-0.3, -0.25) is 4.79 Å². The summed E-state index contributed by atoms with van der Waals surface area (Å²) in [7, 11) is 0. The fourth-order valence-corrected chi connectivity index (χ4v) is 2.60. The smallest absolute Gasteiger partial charge is 0.251 e. The summed E-state index contributed by atoms with van der Waals surface area (Å²) in [6.45, 7) is 5.05. The first-order valence-corrected chi connectivity index (χ1v) is 7.24. The number of halogens is 1. The first-order valence-electron chi connectivity index (χ1n) is 7.24. The lowest BCUT2D eigenvalue weighted by molar-refractivity contribution is 0.0490. The molecule has 1 aromatic rings. The third-order valence-electron chi connectivity index (χ3n) is 4.20. The Balaban J connectivity index is 0.00000220. The van der Waals surface area contributed by atoms with Crippen molar-refractivity contribution in [3.63, 3.8) is 0 Å². The molecule has 1 saturated carbocycles. The summed E-state index contributed by atoms with van der Waals surface area (Å²) in [6, 6.07) is 7.31.